The zero-order chi connectivity index (χ0) is 20.9. The number of sulfonamides is 1. The van der Waals surface area contributed by atoms with E-state index in [9.17, 15) is 13.2 Å². The number of urea groups is 1. The lowest BCUT2D eigenvalue weighted by Gasteiger charge is -2.07. The molecule has 2 amide bonds. The number of amides is 2. The molecule has 0 radical (unpaired) electrons. The van der Waals surface area contributed by atoms with Gasteiger partial charge < -0.3 is 19.9 Å². The highest BCUT2D eigenvalue weighted by Gasteiger charge is 2.11. The molecule has 4 N–H and O–H groups in total. The zero-order valence-electron chi connectivity index (χ0n) is 16.1. The monoisotopic (exact) mass is 416 g/mol. The standard InChI is InChI=1S/C20H24N4O4S/c1-28-13-12-24-14-18(17-4-2-3-5-19(17)24)23-20(25)22-11-10-15-6-8-16(9-7-15)29(21,26)27/h2-9,14H,10-13H2,1H3,(H2,21,26,27)(H2,22,23,25). The molecular weight excluding hydrogens is 392 g/mol. The highest BCUT2D eigenvalue weighted by atomic mass is 32.2. The van der Waals surface area contributed by atoms with Crippen LogP contribution in [0, 0.1) is 0 Å². The van der Waals surface area contributed by atoms with Gasteiger partial charge in [-0.25, -0.2) is 18.4 Å². The number of anilines is 1. The predicted molar refractivity (Wildman–Crippen MR) is 112 cm³/mol. The van der Waals surface area contributed by atoms with Gasteiger partial charge in [0.2, 0.25) is 10.0 Å². The number of nitrogens with two attached hydrogens (primary N) is 1. The molecule has 29 heavy (non-hydrogen) atoms. The number of aromatic nitrogens is 1. The van der Waals surface area contributed by atoms with Gasteiger partial charge in [-0.2, -0.15) is 0 Å². The van der Waals surface area contributed by atoms with Gasteiger partial charge in [-0.05, 0) is 30.2 Å². The van der Waals surface area contributed by atoms with E-state index < -0.39 is 10.0 Å². The lowest BCUT2D eigenvalue weighted by Crippen LogP contribution is -2.30. The van der Waals surface area contributed by atoms with Crippen LogP contribution in [0.3, 0.4) is 0 Å². The van der Waals surface area contributed by atoms with Gasteiger partial charge in [0.1, 0.15) is 0 Å². The molecule has 1 aromatic heterocycles. The maximum absolute atomic E-state index is 12.3. The quantitative estimate of drug-likeness (QED) is 0.522. The number of methoxy groups -OCH3 is 1. The van der Waals surface area contributed by atoms with Crippen LogP contribution >= 0.6 is 0 Å². The Morgan fingerprint density at radius 2 is 1.86 bits per heavy atom. The van der Waals surface area contributed by atoms with Gasteiger partial charge >= 0.3 is 6.03 Å². The first kappa shape index (κ1) is 20.8. The third kappa shape index (κ3) is 5.35. The third-order valence-electron chi connectivity index (χ3n) is 4.52. The number of fused-ring (bicyclic) bond motifs is 1. The summed E-state index contributed by atoms with van der Waals surface area (Å²) < 4.78 is 29.7. The summed E-state index contributed by atoms with van der Waals surface area (Å²) in [7, 11) is -2.05. The molecule has 2 aromatic carbocycles. The van der Waals surface area contributed by atoms with Crippen molar-refractivity contribution in [3.63, 3.8) is 0 Å². The van der Waals surface area contributed by atoms with E-state index in [1.807, 2.05) is 35.0 Å². The summed E-state index contributed by atoms with van der Waals surface area (Å²) >= 11 is 0. The van der Waals surface area contributed by atoms with E-state index >= 15 is 0 Å². The van der Waals surface area contributed by atoms with Crippen molar-refractivity contribution in [1.29, 1.82) is 0 Å². The molecule has 3 rings (SSSR count). The van der Waals surface area contributed by atoms with Crippen molar-refractivity contribution in [1.82, 2.24) is 9.88 Å². The molecule has 0 unspecified atom stereocenters. The van der Waals surface area contributed by atoms with E-state index in [0.29, 0.717) is 26.1 Å². The molecule has 0 aliphatic heterocycles. The average Bonchev–Trinajstić information content (AvgIpc) is 3.04. The summed E-state index contributed by atoms with van der Waals surface area (Å²) in [4.78, 5) is 12.4. The Bertz CT molecular complexity index is 1090. The first-order valence-electron chi connectivity index (χ1n) is 9.12. The number of carbonyl (C=O) groups excluding carboxylic acids is 1. The van der Waals surface area contributed by atoms with Crippen LogP contribution in [0.15, 0.2) is 59.6 Å². The number of carbonyl (C=O) groups is 1. The lowest BCUT2D eigenvalue weighted by atomic mass is 10.1. The van der Waals surface area contributed by atoms with Crippen LogP contribution in [-0.4, -0.2) is 39.3 Å². The number of hydrogen-bond acceptors (Lipinski definition) is 4. The molecule has 0 fully saturated rings. The fraction of sp³-hybridized carbons (Fsp3) is 0.250. The summed E-state index contributed by atoms with van der Waals surface area (Å²) in [5.41, 5.74) is 2.65. The van der Waals surface area contributed by atoms with E-state index in [1.54, 1.807) is 19.2 Å². The fourth-order valence-corrected chi connectivity index (χ4v) is 3.57. The first-order chi connectivity index (χ1) is 13.9. The first-order valence-corrected chi connectivity index (χ1v) is 10.7. The van der Waals surface area contributed by atoms with Gasteiger partial charge in [-0.1, -0.05) is 30.3 Å². The number of rotatable bonds is 8. The zero-order valence-corrected chi connectivity index (χ0v) is 16.9. The second-order valence-electron chi connectivity index (χ2n) is 6.57. The topological polar surface area (TPSA) is 115 Å². The Labute approximate surface area is 169 Å². The Hall–Kier alpha value is -2.88. The molecule has 3 aromatic rings. The van der Waals surface area contributed by atoms with Crippen molar-refractivity contribution in [2.24, 2.45) is 5.14 Å². The second-order valence-corrected chi connectivity index (χ2v) is 8.13. The highest BCUT2D eigenvalue weighted by molar-refractivity contribution is 7.89. The maximum atomic E-state index is 12.3. The van der Waals surface area contributed by atoms with Crippen LogP contribution in [0.25, 0.3) is 10.9 Å². The summed E-state index contributed by atoms with van der Waals surface area (Å²) in [5, 5.41) is 11.7. The van der Waals surface area contributed by atoms with Crippen molar-refractivity contribution in [2.45, 2.75) is 17.9 Å². The smallest absolute Gasteiger partial charge is 0.319 e. The van der Waals surface area contributed by atoms with Crippen molar-refractivity contribution < 1.29 is 17.9 Å². The number of nitrogens with zero attached hydrogens (tertiary/aromatic N) is 1. The molecule has 0 aliphatic rings. The summed E-state index contributed by atoms with van der Waals surface area (Å²) in [5.74, 6) is 0. The number of primary sulfonamides is 1. The normalized spacial score (nSPS) is 11.5. The van der Waals surface area contributed by atoms with Crippen LogP contribution < -0.4 is 15.8 Å². The van der Waals surface area contributed by atoms with Crippen molar-refractivity contribution in [2.75, 3.05) is 25.6 Å². The molecule has 0 saturated heterocycles. The van der Waals surface area contributed by atoms with E-state index in [0.717, 1.165) is 22.2 Å². The summed E-state index contributed by atoms with van der Waals surface area (Å²) in [6, 6.07) is 13.8. The molecule has 0 atom stereocenters. The van der Waals surface area contributed by atoms with Crippen molar-refractivity contribution in [3.05, 3.63) is 60.3 Å². The Morgan fingerprint density at radius 1 is 1.14 bits per heavy atom. The van der Waals surface area contributed by atoms with E-state index in [1.165, 1.54) is 12.1 Å². The SMILES string of the molecule is COCCn1cc(NC(=O)NCCc2ccc(S(N)(=O)=O)cc2)c2ccccc21. The largest absolute Gasteiger partial charge is 0.383 e. The molecule has 154 valence electrons. The third-order valence-corrected chi connectivity index (χ3v) is 5.45. The second kappa shape index (κ2) is 9.08. The highest BCUT2D eigenvalue weighted by Crippen LogP contribution is 2.25. The molecule has 1 heterocycles. The van der Waals surface area contributed by atoms with Crippen LogP contribution in [0.2, 0.25) is 0 Å². The van der Waals surface area contributed by atoms with E-state index in [2.05, 4.69) is 10.6 Å². The minimum atomic E-state index is -3.70. The average molecular weight is 417 g/mol. The Balaban J connectivity index is 1.58. The minimum Gasteiger partial charge on any atom is -0.383 e. The number of nitrogens with one attached hydrogen (secondary N) is 2. The van der Waals surface area contributed by atoms with Gasteiger partial charge in [-0.3, -0.25) is 0 Å². The Kier molecular flexibility index (Phi) is 6.53. The molecule has 0 aliphatic carbocycles. The van der Waals surface area contributed by atoms with E-state index in [4.69, 9.17) is 9.88 Å². The molecule has 0 spiro atoms. The van der Waals surface area contributed by atoms with Gasteiger partial charge in [0.05, 0.1) is 22.7 Å². The van der Waals surface area contributed by atoms with E-state index in [-0.39, 0.29) is 10.9 Å². The molecule has 0 saturated carbocycles. The van der Waals surface area contributed by atoms with Crippen LogP contribution in [0.1, 0.15) is 5.56 Å². The van der Waals surface area contributed by atoms with Crippen LogP contribution in [-0.2, 0) is 27.7 Å². The van der Waals surface area contributed by atoms with Crippen molar-refractivity contribution in [3.8, 4) is 0 Å². The summed E-state index contributed by atoms with van der Waals surface area (Å²) in [6.45, 7) is 1.67. The number of ether oxygens (including phenoxy) is 1. The maximum Gasteiger partial charge on any atom is 0.319 e. The predicted octanol–water partition coefficient (Wildman–Crippen LogP) is 2.30. The molecule has 0 bridgehead atoms. The number of hydrogen-bond donors (Lipinski definition) is 3. The molecule has 9 heteroatoms. The van der Waals surface area contributed by atoms with Crippen LogP contribution in [0.5, 0.6) is 0 Å². The number of benzene rings is 2. The number of para-hydroxylation sites is 1. The van der Waals surface area contributed by atoms with Gasteiger partial charge in [0.15, 0.2) is 0 Å². The molecule has 8 nitrogen and oxygen atoms in total. The van der Waals surface area contributed by atoms with Gasteiger partial charge in [0.25, 0.3) is 0 Å². The minimum absolute atomic E-state index is 0.0665. The van der Waals surface area contributed by atoms with Crippen molar-refractivity contribution >= 4 is 32.6 Å². The Morgan fingerprint density at radius 3 is 2.55 bits per heavy atom. The van der Waals surface area contributed by atoms with Gasteiger partial charge in [-0.15, -0.1) is 0 Å². The fourth-order valence-electron chi connectivity index (χ4n) is 3.05. The van der Waals surface area contributed by atoms with Gasteiger partial charge in [0, 0.05) is 31.8 Å². The molecular formula is C20H24N4O4S. The lowest BCUT2D eigenvalue weighted by molar-refractivity contribution is 0.188. The summed E-state index contributed by atoms with van der Waals surface area (Å²) in [6.07, 6.45) is 2.46. The van der Waals surface area contributed by atoms with Crippen LogP contribution in [0.4, 0.5) is 10.5 Å².